The largest absolute Gasteiger partial charge is 0.548 e. The molecule has 0 spiro atoms. The number of hydrogen-bond donors (Lipinski definition) is 1. The fraction of sp³-hybridized carbons (Fsp3) is 0.222. The molecule has 0 amide bonds. The number of carboxylic acids is 1. The highest BCUT2D eigenvalue weighted by Crippen LogP contribution is 1.97. The maximum Gasteiger partial charge on any atom is 0.0658 e. The van der Waals surface area contributed by atoms with E-state index in [9.17, 15) is 9.90 Å². The molecule has 0 bridgehead atoms. The molecule has 0 saturated carbocycles. The van der Waals surface area contributed by atoms with Gasteiger partial charge in [-0.25, -0.2) is 0 Å². The van der Waals surface area contributed by atoms with Gasteiger partial charge in [0.2, 0.25) is 0 Å². The van der Waals surface area contributed by atoms with Gasteiger partial charge in [0, 0.05) is 0 Å². The molecule has 0 aliphatic heterocycles. The molecule has 0 fully saturated rings. The van der Waals surface area contributed by atoms with Crippen LogP contribution >= 0.6 is 0 Å². The molecule has 0 aromatic carbocycles. The first-order valence-corrected chi connectivity index (χ1v) is 3.52. The van der Waals surface area contributed by atoms with Crippen LogP contribution in [0.15, 0.2) is 36.5 Å². The van der Waals surface area contributed by atoms with Crippen LogP contribution in [0.5, 0.6) is 0 Å². The summed E-state index contributed by atoms with van der Waals surface area (Å²) in [4.78, 5) is 10.3. The van der Waals surface area contributed by atoms with Gasteiger partial charge >= 0.3 is 0 Å². The Morgan fingerprint density at radius 3 is 2.58 bits per heavy atom. The molecule has 3 heteroatoms. The third-order valence-electron chi connectivity index (χ3n) is 1.35. The number of nitrogens with two attached hydrogens (primary N) is 1. The predicted molar refractivity (Wildman–Crippen MR) is 46.1 cm³/mol. The van der Waals surface area contributed by atoms with Crippen molar-refractivity contribution in [3.8, 4) is 0 Å². The molecule has 0 rings (SSSR count). The van der Waals surface area contributed by atoms with Crippen molar-refractivity contribution in [1.82, 2.24) is 0 Å². The first-order valence-electron chi connectivity index (χ1n) is 3.52. The van der Waals surface area contributed by atoms with Crippen molar-refractivity contribution in [2.45, 2.75) is 13.0 Å². The summed E-state index contributed by atoms with van der Waals surface area (Å²) in [6.45, 7) is 5.09. The summed E-state index contributed by atoms with van der Waals surface area (Å²) >= 11 is 0. The van der Waals surface area contributed by atoms with Crippen LogP contribution in [0.1, 0.15) is 6.92 Å². The summed E-state index contributed by atoms with van der Waals surface area (Å²) in [5, 5.41) is 10.3. The Kier molecular flexibility index (Phi) is 4.72. The topological polar surface area (TPSA) is 66.2 Å². The van der Waals surface area contributed by atoms with Gasteiger partial charge in [0.25, 0.3) is 0 Å². The molecule has 66 valence electrons. The zero-order valence-corrected chi connectivity index (χ0v) is 6.99. The normalized spacial score (nSPS) is 14.7. The van der Waals surface area contributed by atoms with Crippen molar-refractivity contribution >= 4 is 5.97 Å². The van der Waals surface area contributed by atoms with E-state index in [1.54, 1.807) is 31.2 Å². The molecule has 0 heterocycles. The molecule has 0 unspecified atom stereocenters. The van der Waals surface area contributed by atoms with Crippen LogP contribution in [0.4, 0.5) is 0 Å². The molecular weight excluding hydrogens is 154 g/mol. The summed E-state index contributed by atoms with van der Waals surface area (Å²) < 4.78 is 0. The van der Waals surface area contributed by atoms with Crippen LogP contribution in [-0.4, -0.2) is 12.0 Å². The van der Waals surface area contributed by atoms with Gasteiger partial charge < -0.3 is 15.6 Å². The second-order valence-corrected chi connectivity index (χ2v) is 2.33. The third-order valence-corrected chi connectivity index (χ3v) is 1.35. The number of carbonyl (C=O) groups is 1. The second kappa shape index (κ2) is 5.32. The number of allylic oxidation sites excluding steroid dienone is 4. The number of carboxylic acid groups (broad SMARTS) is 1. The van der Waals surface area contributed by atoms with E-state index in [2.05, 4.69) is 6.58 Å². The molecule has 1 atom stereocenters. The van der Waals surface area contributed by atoms with Crippen LogP contribution in [0, 0.1) is 0 Å². The van der Waals surface area contributed by atoms with E-state index in [4.69, 9.17) is 5.73 Å². The molecule has 0 aliphatic rings. The average molecular weight is 166 g/mol. The lowest BCUT2D eigenvalue weighted by Crippen LogP contribution is -2.42. The Morgan fingerprint density at radius 2 is 2.17 bits per heavy atom. The monoisotopic (exact) mass is 166 g/mol. The fourth-order valence-corrected chi connectivity index (χ4v) is 0.575. The Balaban J connectivity index is 4.26. The molecule has 0 saturated heterocycles. The van der Waals surface area contributed by atoms with Crippen molar-refractivity contribution in [2.24, 2.45) is 5.73 Å². The standard InChI is InChI=1S/C9H13NO2/c1-3-4-5-6-7(2)8(10)9(11)12/h3-6,8H,1,10H2,2H3,(H,11,12)/p-1/b5-4+,7-6-/t8-/m0/s1. The summed E-state index contributed by atoms with van der Waals surface area (Å²) in [7, 11) is 0. The maximum atomic E-state index is 10.3. The lowest BCUT2D eigenvalue weighted by molar-refractivity contribution is -0.306. The molecule has 12 heavy (non-hydrogen) atoms. The molecule has 2 N–H and O–H groups in total. The van der Waals surface area contributed by atoms with Crippen LogP contribution < -0.4 is 10.8 Å². The fourth-order valence-electron chi connectivity index (χ4n) is 0.575. The van der Waals surface area contributed by atoms with Gasteiger partial charge in [-0.2, -0.15) is 0 Å². The van der Waals surface area contributed by atoms with Gasteiger partial charge in [-0.05, 0) is 6.92 Å². The third kappa shape index (κ3) is 3.73. The SMILES string of the molecule is C=C/C=C/C=C(/C)[C@H](N)C(=O)[O-]. The van der Waals surface area contributed by atoms with Crippen molar-refractivity contribution in [1.29, 1.82) is 0 Å². The van der Waals surface area contributed by atoms with Gasteiger partial charge in [0.1, 0.15) is 0 Å². The zero-order valence-electron chi connectivity index (χ0n) is 6.99. The molecule has 0 aromatic heterocycles. The van der Waals surface area contributed by atoms with Crippen molar-refractivity contribution < 1.29 is 9.90 Å². The van der Waals surface area contributed by atoms with E-state index < -0.39 is 12.0 Å². The highest BCUT2D eigenvalue weighted by atomic mass is 16.4. The van der Waals surface area contributed by atoms with Gasteiger partial charge in [0.15, 0.2) is 0 Å². The van der Waals surface area contributed by atoms with Crippen LogP contribution in [0.3, 0.4) is 0 Å². The van der Waals surface area contributed by atoms with Crippen LogP contribution in [0.25, 0.3) is 0 Å². The highest BCUT2D eigenvalue weighted by molar-refractivity contribution is 5.74. The van der Waals surface area contributed by atoms with E-state index in [0.29, 0.717) is 5.57 Å². The number of hydrogen-bond acceptors (Lipinski definition) is 3. The Hall–Kier alpha value is -1.35. The summed E-state index contributed by atoms with van der Waals surface area (Å²) in [5.74, 6) is -1.27. The first kappa shape index (κ1) is 10.7. The minimum absolute atomic E-state index is 0.549. The second-order valence-electron chi connectivity index (χ2n) is 2.33. The summed E-state index contributed by atoms with van der Waals surface area (Å²) in [5.41, 5.74) is 5.80. The zero-order chi connectivity index (χ0) is 9.56. The molecule has 0 aromatic rings. The molecular formula is C9H12NO2-. The maximum absolute atomic E-state index is 10.3. The number of carbonyl (C=O) groups excluding carboxylic acids is 1. The quantitative estimate of drug-likeness (QED) is 0.586. The van der Waals surface area contributed by atoms with E-state index in [0.717, 1.165) is 0 Å². The molecule has 3 nitrogen and oxygen atoms in total. The predicted octanol–water partition coefficient (Wildman–Crippen LogP) is -0.248. The van der Waals surface area contributed by atoms with Crippen molar-refractivity contribution in [3.63, 3.8) is 0 Å². The van der Waals surface area contributed by atoms with Gasteiger partial charge in [-0.15, -0.1) is 0 Å². The van der Waals surface area contributed by atoms with E-state index in [1.165, 1.54) is 0 Å². The lowest BCUT2D eigenvalue weighted by atomic mass is 10.1. The van der Waals surface area contributed by atoms with E-state index >= 15 is 0 Å². The first-order chi connectivity index (χ1) is 5.59. The number of aliphatic carboxylic acids is 1. The molecule has 0 aliphatic carbocycles. The van der Waals surface area contributed by atoms with Gasteiger partial charge in [-0.3, -0.25) is 0 Å². The van der Waals surface area contributed by atoms with E-state index in [1.807, 2.05) is 0 Å². The summed E-state index contributed by atoms with van der Waals surface area (Å²) in [6.07, 6.45) is 6.56. The van der Waals surface area contributed by atoms with Crippen LogP contribution in [0.2, 0.25) is 0 Å². The van der Waals surface area contributed by atoms with Crippen LogP contribution in [-0.2, 0) is 4.79 Å². The van der Waals surface area contributed by atoms with Crippen molar-refractivity contribution in [2.75, 3.05) is 0 Å². The minimum atomic E-state index is -1.27. The Labute approximate surface area is 71.9 Å². The van der Waals surface area contributed by atoms with Crippen molar-refractivity contribution in [3.05, 3.63) is 36.5 Å². The lowest BCUT2D eigenvalue weighted by Gasteiger charge is -2.11. The summed E-state index contributed by atoms with van der Waals surface area (Å²) in [6, 6.07) is -1.03. The Morgan fingerprint density at radius 1 is 1.58 bits per heavy atom. The Bertz CT molecular complexity index is 229. The molecule has 0 radical (unpaired) electrons. The van der Waals surface area contributed by atoms with Gasteiger partial charge in [0.05, 0.1) is 12.0 Å². The minimum Gasteiger partial charge on any atom is -0.548 e. The average Bonchev–Trinajstić information content (AvgIpc) is 2.03. The smallest absolute Gasteiger partial charge is 0.0658 e. The van der Waals surface area contributed by atoms with Gasteiger partial charge in [-0.1, -0.05) is 36.5 Å². The van der Waals surface area contributed by atoms with E-state index in [-0.39, 0.29) is 0 Å². The highest BCUT2D eigenvalue weighted by Gasteiger charge is 2.02. The number of rotatable bonds is 4.